The monoisotopic (exact) mass is 335 g/mol. The van der Waals surface area contributed by atoms with Crippen LogP contribution in [-0.2, 0) is 16.0 Å². The first kappa shape index (κ1) is 16.1. The number of nitrogens with one attached hydrogen (secondary N) is 2. The fourth-order valence-electron chi connectivity index (χ4n) is 2.10. The topological polar surface area (TPSA) is 84.2 Å². The van der Waals surface area contributed by atoms with Gasteiger partial charge in [-0.2, -0.15) is 0 Å². The molecule has 126 valence electrons. The van der Waals surface area contributed by atoms with E-state index in [4.69, 9.17) is 4.42 Å². The number of hydrazine groups is 1. The highest BCUT2D eigenvalue weighted by molar-refractivity contribution is 5.84. The molecule has 0 saturated heterocycles. The molecule has 1 aliphatic rings. The van der Waals surface area contributed by atoms with Crippen LogP contribution in [0.2, 0.25) is 0 Å². The summed E-state index contributed by atoms with van der Waals surface area (Å²) in [6.07, 6.45) is 3.25. The van der Waals surface area contributed by atoms with Crippen molar-refractivity contribution >= 4 is 11.8 Å². The van der Waals surface area contributed by atoms with Crippen molar-refractivity contribution in [1.82, 2.24) is 15.8 Å². The van der Waals surface area contributed by atoms with Crippen LogP contribution in [0.4, 0.5) is 8.78 Å². The van der Waals surface area contributed by atoms with E-state index in [-0.39, 0.29) is 47.8 Å². The number of benzene rings is 1. The van der Waals surface area contributed by atoms with Crippen LogP contribution in [0.25, 0.3) is 11.3 Å². The summed E-state index contributed by atoms with van der Waals surface area (Å²) in [4.78, 5) is 27.0. The Morgan fingerprint density at radius 2 is 2.04 bits per heavy atom. The summed E-state index contributed by atoms with van der Waals surface area (Å²) in [7, 11) is 0. The first-order chi connectivity index (χ1) is 11.5. The molecule has 0 radical (unpaired) electrons. The van der Waals surface area contributed by atoms with E-state index in [9.17, 15) is 18.4 Å². The second-order valence-electron chi connectivity index (χ2n) is 5.55. The highest BCUT2D eigenvalue weighted by Gasteiger charge is 2.29. The zero-order valence-corrected chi connectivity index (χ0v) is 12.6. The molecule has 0 unspecified atom stereocenters. The molecule has 1 aromatic heterocycles. The van der Waals surface area contributed by atoms with Crippen molar-refractivity contribution in [3.05, 3.63) is 41.9 Å². The van der Waals surface area contributed by atoms with E-state index in [1.54, 1.807) is 0 Å². The van der Waals surface area contributed by atoms with E-state index >= 15 is 0 Å². The Kier molecular flexibility index (Phi) is 4.54. The lowest BCUT2D eigenvalue weighted by atomic mass is 10.2. The number of aryl methyl sites for hydroxylation is 1. The Bertz CT molecular complexity index is 772. The van der Waals surface area contributed by atoms with E-state index in [0.29, 0.717) is 0 Å². The molecule has 3 rings (SSSR count). The summed E-state index contributed by atoms with van der Waals surface area (Å²) < 4.78 is 31.9. The first-order valence-corrected chi connectivity index (χ1v) is 7.52. The van der Waals surface area contributed by atoms with E-state index in [0.717, 1.165) is 25.0 Å². The van der Waals surface area contributed by atoms with Crippen LogP contribution >= 0.6 is 0 Å². The summed E-state index contributed by atoms with van der Waals surface area (Å²) in [5.74, 6) is -1.59. The summed E-state index contributed by atoms with van der Waals surface area (Å²) in [6, 6.07) is 3.14. The normalized spacial score (nSPS) is 13.6. The Labute approximate surface area is 136 Å². The van der Waals surface area contributed by atoms with Crippen LogP contribution in [0, 0.1) is 17.6 Å². The molecule has 0 bridgehead atoms. The number of halogens is 2. The largest absolute Gasteiger partial charge is 0.441 e. The maximum absolute atomic E-state index is 13.7. The van der Waals surface area contributed by atoms with Crippen LogP contribution in [0.3, 0.4) is 0 Å². The molecule has 8 heteroatoms. The van der Waals surface area contributed by atoms with Crippen molar-refractivity contribution < 1.29 is 22.8 Å². The number of hydrogen-bond acceptors (Lipinski definition) is 4. The number of nitrogens with zero attached hydrogens (tertiary/aromatic N) is 1. The van der Waals surface area contributed by atoms with Gasteiger partial charge in [-0.15, -0.1) is 0 Å². The number of hydrogen-bond donors (Lipinski definition) is 2. The molecule has 1 aliphatic carbocycles. The van der Waals surface area contributed by atoms with Crippen LogP contribution in [0.15, 0.2) is 28.8 Å². The number of rotatable bonds is 5. The Hall–Kier alpha value is -2.77. The third kappa shape index (κ3) is 3.95. The minimum absolute atomic E-state index is 0.00482. The number of aromatic nitrogens is 1. The number of amides is 2. The van der Waals surface area contributed by atoms with Crippen LogP contribution in [0.5, 0.6) is 0 Å². The van der Waals surface area contributed by atoms with Gasteiger partial charge in [0.05, 0.1) is 11.8 Å². The Morgan fingerprint density at radius 1 is 1.25 bits per heavy atom. The predicted octanol–water partition coefficient (Wildman–Crippen LogP) is 2.11. The van der Waals surface area contributed by atoms with Gasteiger partial charge in [-0.25, -0.2) is 13.8 Å². The van der Waals surface area contributed by atoms with Gasteiger partial charge in [0.2, 0.25) is 11.8 Å². The van der Waals surface area contributed by atoms with E-state index < -0.39 is 11.6 Å². The van der Waals surface area contributed by atoms with Gasteiger partial charge >= 0.3 is 0 Å². The summed E-state index contributed by atoms with van der Waals surface area (Å²) in [6.45, 7) is 0. The SMILES string of the molecule is O=C(CCc1ncc(-c2ccc(F)cc2F)o1)NNC(=O)C1CC1. The van der Waals surface area contributed by atoms with Crippen molar-refractivity contribution in [1.29, 1.82) is 0 Å². The summed E-state index contributed by atoms with van der Waals surface area (Å²) >= 11 is 0. The van der Waals surface area contributed by atoms with Crippen molar-refractivity contribution in [3.63, 3.8) is 0 Å². The fourth-order valence-corrected chi connectivity index (χ4v) is 2.10. The van der Waals surface area contributed by atoms with E-state index in [2.05, 4.69) is 15.8 Å². The number of oxazole rings is 1. The van der Waals surface area contributed by atoms with Gasteiger partial charge in [0, 0.05) is 24.8 Å². The molecule has 2 N–H and O–H groups in total. The van der Waals surface area contributed by atoms with Crippen LogP contribution < -0.4 is 10.9 Å². The van der Waals surface area contributed by atoms with Crippen molar-refractivity contribution in [2.24, 2.45) is 5.92 Å². The second kappa shape index (κ2) is 6.77. The quantitative estimate of drug-likeness (QED) is 0.820. The van der Waals surface area contributed by atoms with Crippen LogP contribution in [-0.4, -0.2) is 16.8 Å². The molecule has 2 amide bonds. The molecule has 1 saturated carbocycles. The molecule has 1 aromatic carbocycles. The lowest BCUT2D eigenvalue weighted by Crippen LogP contribution is -2.42. The average Bonchev–Trinajstić information content (AvgIpc) is 3.30. The van der Waals surface area contributed by atoms with Crippen LogP contribution in [0.1, 0.15) is 25.2 Å². The molecule has 2 aromatic rings. The van der Waals surface area contributed by atoms with Gasteiger partial charge in [-0.05, 0) is 25.0 Å². The maximum Gasteiger partial charge on any atom is 0.241 e. The minimum Gasteiger partial charge on any atom is -0.441 e. The molecule has 24 heavy (non-hydrogen) atoms. The van der Waals surface area contributed by atoms with Gasteiger partial charge in [-0.1, -0.05) is 0 Å². The van der Waals surface area contributed by atoms with Crippen molar-refractivity contribution in [3.8, 4) is 11.3 Å². The molecule has 0 atom stereocenters. The zero-order chi connectivity index (χ0) is 17.1. The molecule has 1 heterocycles. The predicted molar refractivity (Wildman–Crippen MR) is 79.2 cm³/mol. The third-order valence-corrected chi connectivity index (χ3v) is 3.59. The average molecular weight is 335 g/mol. The molecular weight excluding hydrogens is 320 g/mol. The lowest BCUT2D eigenvalue weighted by Gasteiger charge is -2.05. The summed E-state index contributed by atoms with van der Waals surface area (Å²) in [5.41, 5.74) is 4.76. The lowest BCUT2D eigenvalue weighted by molar-refractivity contribution is -0.129. The second-order valence-corrected chi connectivity index (χ2v) is 5.55. The number of carbonyl (C=O) groups excluding carboxylic acids is 2. The smallest absolute Gasteiger partial charge is 0.241 e. The van der Waals surface area contributed by atoms with Crippen molar-refractivity contribution in [2.75, 3.05) is 0 Å². The molecule has 1 fully saturated rings. The molecule has 0 aliphatic heterocycles. The Morgan fingerprint density at radius 3 is 2.75 bits per heavy atom. The number of carbonyl (C=O) groups is 2. The molecule has 6 nitrogen and oxygen atoms in total. The zero-order valence-electron chi connectivity index (χ0n) is 12.6. The van der Waals surface area contributed by atoms with Gasteiger partial charge in [0.1, 0.15) is 11.6 Å². The maximum atomic E-state index is 13.7. The first-order valence-electron chi connectivity index (χ1n) is 7.52. The van der Waals surface area contributed by atoms with Gasteiger partial charge < -0.3 is 4.42 Å². The summed E-state index contributed by atoms with van der Waals surface area (Å²) in [5, 5.41) is 0. The van der Waals surface area contributed by atoms with E-state index in [1.807, 2.05) is 0 Å². The van der Waals surface area contributed by atoms with Gasteiger partial charge in [0.15, 0.2) is 11.7 Å². The third-order valence-electron chi connectivity index (χ3n) is 3.59. The molecular formula is C16H15F2N3O3. The minimum atomic E-state index is -0.752. The highest BCUT2D eigenvalue weighted by atomic mass is 19.1. The van der Waals surface area contributed by atoms with Gasteiger partial charge in [0.25, 0.3) is 0 Å². The molecule has 0 spiro atoms. The Balaban J connectivity index is 1.52. The standard InChI is InChI=1S/C16H15F2N3O3/c17-10-3-4-11(12(18)7-10)13-8-19-15(24-13)6-5-14(22)20-21-16(23)9-1-2-9/h3-4,7-9H,1-2,5-6H2,(H,20,22)(H,21,23). The van der Waals surface area contributed by atoms with E-state index in [1.165, 1.54) is 12.3 Å². The van der Waals surface area contributed by atoms with Crippen molar-refractivity contribution in [2.45, 2.75) is 25.7 Å². The fraction of sp³-hybridized carbons (Fsp3) is 0.312. The highest BCUT2D eigenvalue weighted by Crippen LogP contribution is 2.28. The van der Waals surface area contributed by atoms with Gasteiger partial charge in [-0.3, -0.25) is 20.4 Å².